The minimum Gasteiger partial charge on any atom is -0.508 e. The van der Waals surface area contributed by atoms with E-state index in [4.69, 9.17) is 10.5 Å². The maximum atomic E-state index is 12.7. The summed E-state index contributed by atoms with van der Waals surface area (Å²) in [6, 6.07) is 11.6. The molecule has 0 saturated carbocycles. The molecule has 0 aliphatic carbocycles. The van der Waals surface area contributed by atoms with Crippen LogP contribution >= 0.6 is 0 Å². The van der Waals surface area contributed by atoms with Gasteiger partial charge in [-0.3, -0.25) is 4.79 Å². The van der Waals surface area contributed by atoms with Gasteiger partial charge < -0.3 is 20.5 Å². The SMILES string of the molecule is CCN(C(=O)c1cccc(OC)c1N)c1cccc(O)c1. The van der Waals surface area contributed by atoms with Crippen LogP contribution in [0.4, 0.5) is 11.4 Å². The van der Waals surface area contributed by atoms with Gasteiger partial charge in [0.15, 0.2) is 0 Å². The molecule has 0 saturated heterocycles. The molecule has 3 N–H and O–H groups in total. The normalized spacial score (nSPS) is 10.2. The molecule has 0 bridgehead atoms. The molecule has 5 nitrogen and oxygen atoms in total. The lowest BCUT2D eigenvalue weighted by Gasteiger charge is -2.22. The highest BCUT2D eigenvalue weighted by Crippen LogP contribution is 2.28. The first-order valence-electron chi connectivity index (χ1n) is 6.61. The van der Waals surface area contributed by atoms with Gasteiger partial charge in [0.2, 0.25) is 0 Å². The first-order chi connectivity index (χ1) is 10.1. The Morgan fingerprint density at radius 1 is 1.29 bits per heavy atom. The summed E-state index contributed by atoms with van der Waals surface area (Å²) in [5, 5.41) is 9.56. The van der Waals surface area contributed by atoms with E-state index < -0.39 is 0 Å². The number of carbonyl (C=O) groups is 1. The zero-order valence-corrected chi connectivity index (χ0v) is 12.0. The quantitative estimate of drug-likeness (QED) is 0.847. The average Bonchev–Trinajstić information content (AvgIpc) is 2.48. The number of hydrogen-bond acceptors (Lipinski definition) is 4. The maximum Gasteiger partial charge on any atom is 0.260 e. The second-order valence-electron chi connectivity index (χ2n) is 4.49. The Morgan fingerprint density at radius 2 is 2.00 bits per heavy atom. The molecular formula is C16H18N2O3. The van der Waals surface area contributed by atoms with E-state index in [0.717, 1.165) is 0 Å². The smallest absolute Gasteiger partial charge is 0.260 e. The fraction of sp³-hybridized carbons (Fsp3) is 0.188. The number of aromatic hydroxyl groups is 1. The van der Waals surface area contributed by atoms with E-state index in [9.17, 15) is 9.90 Å². The van der Waals surface area contributed by atoms with Gasteiger partial charge in [0.1, 0.15) is 11.5 Å². The fourth-order valence-electron chi connectivity index (χ4n) is 2.16. The molecule has 0 atom stereocenters. The molecule has 0 spiro atoms. The van der Waals surface area contributed by atoms with Gasteiger partial charge in [-0.05, 0) is 31.2 Å². The number of ether oxygens (including phenoxy) is 1. The van der Waals surface area contributed by atoms with Crippen molar-refractivity contribution in [3.63, 3.8) is 0 Å². The molecule has 110 valence electrons. The van der Waals surface area contributed by atoms with Crippen molar-refractivity contribution in [1.82, 2.24) is 0 Å². The van der Waals surface area contributed by atoms with Crippen molar-refractivity contribution in [1.29, 1.82) is 0 Å². The summed E-state index contributed by atoms with van der Waals surface area (Å²) in [6.07, 6.45) is 0. The minimum atomic E-state index is -0.237. The van der Waals surface area contributed by atoms with Crippen molar-refractivity contribution in [2.75, 3.05) is 24.3 Å². The molecular weight excluding hydrogens is 268 g/mol. The second kappa shape index (κ2) is 6.17. The van der Waals surface area contributed by atoms with Crippen LogP contribution in [0.1, 0.15) is 17.3 Å². The molecule has 21 heavy (non-hydrogen) atoms. The molecule has 0 aliphatic heterocycles. The van der Waals surface area contributed by atoms with E-state index in [1.54, 1.807) is 41.3 Å². The number of amides is 1. The van der Waals surface area contributed by atoms with Crippen molar-refractivity contribution >= 4 is 17.3 Å². The molecule has 2 aromatic carbocycles. The fourth-order valence-corrected chi connectivity index (χ4v) is 2.16. The number of nitrogen functional groups attached to an aromatic ring is 1. The van der Waals surface area contributed by atoms with Gasteiger partial charge in [0.25, 0.3) is 5.91 Å². The number of phenols is 1. The highest BCUT2D eigenvalue weighted by Gasteiger charge is 2.20. The Hall–Kier alpha value is -2.69. The van der Waals surface area contributed by atoms with Gasteiger partial charge in [0, 0.05) is 18.3 Å². The first kappa shape index (κ1) is 14.7. The third-order valence-corrected chi connectivity index (χ3v) is 3.22. The molecule has 0 aliphatic rings. The Labute approximate surface area is 123 Å². The summed E-state index contributed by atoms with van der Waals surface area (Å²) in [4.78, 5) is 14.2. The van der Waals surface area contributed by atoms with Crippen LogP contribution in [0.25, 0.3) is 0 Å². The van der Waals surface area contributed by atoms with E-state index in [2.05, 4.69) is 0 Å². The number of hydrogen-bond donors (Lipinski definition) is 2. The van der Waals surface area contributed by atoms with E-state index in [0.29, 0.717) is 29.2 Å². The van der Waals surface area contributed by atoms with Gasteiger partial charge in [-0.1, -0.05) is 12.1 Å². The topological polar surface area (TPSA) is 75.8 Å². The number of rotatable bonds is 4. The van der Waals surface area contributed by atoms with Crippen molar-refractivity contribution < 1.29 is 14.6 Å². The number of methoxy groups -OCH3 is 1. The molecule has 0 unspecified atom stereocenters. The molecule has 2 rings (SSSR count). The molecule has 0 aromatic heterocycles. The van der Waals surface area contributed by atoms with Gasteiger partial charge in [-0.25, -0.2) is 0 Å². The standard InChI is InChI=1S/C16H18N2O3/c1-3-18(11-6-4-7-12(19)10-11)16(20)13-8-5-9-14(21-2)15(13)17/h4-10,19H,3,17H2,1-2H3. The molecule has 2 aromatic rings. The predicted octanol–water partition coefficient (Wildman–Crippen LogP) is 2.65. The Morgan fingerprint density at radius 3 is 2.62 bits per heavy atom. The lowest BCUT2D eigenvalue weighted by molar-refractivity contribution is 0.0989. The number of nitrogens with zero attached hydrogens (tertiary/aromatic N) is 1. The molecule has 0 fully saturated rings. The zero-order valence-electron chi connectivity index (χ0n) is 12.0. The number of phenolic OH excluding ortho intramolecular Hbond substituents is 1. The number of carbonyl (C=O) groups excluding carboxylic acids is 1. The van der Waals surface area contributed by atoms with E-state index in [1.165, 1.54) is 13.2 Å². The zero-order chi connectivity index (χ0) is 15.4. The van der Waals surface area contributed by atoms with Crippen molar-refractivity contribution in [3.05, 3.63) is 48.0 Å². The first-order valence-corrected chi connectivity index (χ1v) is 6.61. The number of nitrogens with two attached hydrogens (primary N) is 1. The summed E-state index contributed by atoms with van der Waals surface area (Å²) >= 11 is 0. The number of para-hydroxylation sites is 1. The predicted molar refractivity (Wildman–Crippen MR) is 82.9 cm³/mol. The minimum absolute atomic E-state index is 0.109. The van der Waals surface area contributed by atoms with Crippen LogP contribution in [-0.4, -0.2) is 24.7 Å². The molecule has 0 radical (unpaired) electrons. The lowest BCUT2D eigenvalue weighted by Crippen LogP contribution is -2.31. The lowest BCUT2D eigenvalue weighted by atomic mass is 10.1. The Balaban J connectivity index is 2.42. The molecule has 0 heterocycles. The second-order valence-corrected chi connectivity index (χ2v) is 4.49. The van der Waals surface area contributed by atoms with E-state index >= 15 is 0 Å². The van der Waals surface area contributed by atoms with Gasteiger partial charge in [-0.2, -0.15) is 0 Å². The summed E-state index contributed by atoms with van der Waals surface area (Å²) in [5.41, 5.74) is 7.27. The number of benzene rings is 2. The average molecular weight is 286 g/mol. The summed E-state index contributed by atoms with van der Waals surface area (Å²) in [7, 11) is 1.51. The van der Waals surface area contributed by atoms with Crippen LogP contribution in [0.3, 0.4) is 0 Å². The largest absolute Gasteiger partial charge is 0.508 e. The number of anilines is 2. The van der Waals surface area contributed by atoms with Crippen molar-refractivity contribution in [2.24, 2.45) is 0 Å². The van der Waals surface area contributed by atoms with E-state index in [1.807, 2.05) is 6.92 Å². The van der Waals surface area contributed by atoms with Crippen LogP contribution in [0, 0.1) is 0 Å². The third kappa shape index (κ3) is 2.91. The Kier molecular flexibility index (Phi) is 4.33. The maximum absolute atomic E-state index is 12.7. The summed E-state index contributed by atoms with van der Waals surface area (Å²) in [6.45, 7) is 2.32. The Bertz CT molecular complexity index is 656. The van der Waals surface area contributed by atoms with E-state index in [-0.39, 0.29) is 11.7 Å². The van der Waals surface area contributed by atoms with Crippen LogP contribution in [-0.2, 0) is 0 Å². The van der Waals surface area contributed by atoms with Gasteiger partial charge in [-0.15, -0.1) is 0 Å². The van der Waals surface area contributed by atoms with Crippen LogP contribution in [0.2, 0.25) is 0 Å². The third-order valence-electron chi connectivity index (χ3n) is 3.22. The highest BCUT2D eigenvalue weighted by molar-refractivity contribution is 6.10. The van der Waals surface area contributed by atoms with Gasteiger partial charge >= 0.3 is 0 Å². The van der Waals surface area contributed by atoms with Crippen LogP contribution in [0.15, 0.2) is 42.5 Å². The van der Waals surface area contributed by atoms with Crippen LogP contribution < -0.4 is 15.4 Å². The molecule has 1 amide bonds. The van der Waals surface area contributed by atoms with Crippen LogP contribution in [0.5, 0.6) is 11.5 Å². The van der Waals surface area contributed by atoms with Crippen molar-refractivity contribution in [3.8, 4) is 11.5 Å². The van der Waals surface area contributed by atoms with Gasteiger partial charge in [0.05, 0.1) is 18.4 Å². The summed E-state index contributed by atoms with van der Waals surface area (Å²) in [5.74, 6) is 0.338. The monoisotopic (exact) mass is 286 g/mol. The van der Waals surface area contributed by atoms with Crippen molar-refractivity contribution in [2.45, 2.75) is 6.92 Å². The summed E-state index contributed by atoms with van der Waals surface area (Å²) < 4.78 is 5.14. The molecule has 5 heteroatoms. The highest BCUT2D eigenvalue weighted by atomic mass is 16.5.